The highest BCUT2D eigenvalue weighted by Crippen LogP contribution is 2.34. The number of hydrogen-bond acceptors (Lipinski definition) is 3. The molecule has 1 atom stereocenters. The number of likely N-dealkylation sites (tertiary alicyclic amines) is 1. The van der Waals surface area contributed by atoms with Crippen molar-refractivity contribution in [3.05, 3.63) is 65.1 Å². The Morgan fingerprint density at radius 2 is 2.09 bits per heavy atom. The lowest BCUT2D eigenvalue weighted by Crippen LogP contribution is -2.30. The topological polar surface area (TPSA) is 50.5 Å². The van der Waals surface area contributed by atoms with E-state index in [9.17, 15) is 4.79 Å². The van der Waals surface area contributed by atoms with E-state index < -0.39 is 0 Å². The molecule has 0 bridgehead atoms. The number of rotatable bonds is 2. The number of carbonyl (C=O) groups is 1. The number of benzene rings is 1. The van der Waals surface area contributed by atoms with Gasteiger partial charge in [0.25, 0.3) is 5.91 Å². The first-order valence-electron chi connectivity index (χ1n) is 7.59. The van der Waals surface area contributed by atoms with Crippen molar-refractivity contribution in [2.75, 3.05) is 6.54 Å². The Morgan fingerprint density at radius 3 is 2.91 bits per heavy atom. The van der Waals surface area contributed by atoms with Crippen LogP contribution in [0.25, 0.3) is 5.65 Å². The predicted octanol–water partition coefficient (Wildman–Crippen LogP) is 3.36. The molecule has 0 saturated carbocycles. The maximum atomic E-state index is 13.0. The van der Waals surface area contributed by atoms with Crippen molar-refractivity contribution in [2.24, 2.45) is 0 Å². The zero-order valence-electron chi connectivity index (χ0n) is 12.4. The first-order chi connectivity index (χ1) is 11.2. The number of amides is 1. The standard InChI is InChI=1S/C17H15ClN4O/c18-13-6-4-12(5-7-13)15-3-1-9-21(15)17(23)14-11-20-22-10-2-8-19-16(14)22/h2,4-8,10-11,15H,1,3,9H2/t15-/m0/s1. The zero-order valence-corrected chi connectivity index (χ0v) is 13.1. The summed E-state index contributed by atoms with van der Waals surface area (Å²) in [6.45, 7) is 0.746. The van der Waals surface area contributed by atoms with E-state index in [1.54, 1.807) is 29.2 Å². The number of halogens is 1. The summed E-state index contributed by atoms with van der Waals surface area (Å²) in [4.78, 5) is 19.2. The number of hydrogen-bond donors (Lipinski definition) is 0. The Bertz CT molecular complexity index is 858. The third-order valence-electron chi connectivity index (χ3n) is 4.28. The van der Waals surface area contributed by atoms with Gasteiger partial charge < -0.3 is 4.90 Å². The second-order valence-electron chi connectivity index (χ2n) is 5.65. The fourth-order valence-electron chi connectivity index (χ4n) is 3.17. The zero-order chi connectivity index (χ0) is 15.8. The van der Waals surface area contributed by atoms with E-state index in [0.29, 0.717) is 16.2 Å². The van der Waals surface area contributed by atoms with Crippen LogP contribution in [0.1, 0.15) is 34.8 Å². The molecule has 4 rings (SSSR count). The molecule has 116 valence electrons. The van der Waals surface area contributed by atoms with Crippen LogP contribution in [0.4, 0.5) is 0 Å². The summed E-state index contributed by atoms with van der Waals surface area (Å²) in [6.07, 6.45) is 7.02. The monoisotopic (exact) mass is 326 g/mol. The van der Waals surface area contributed by atoms with Crippen molar-refractivity contribution in [3.8, 4) is 0 Å². The maximum Gasteiger partial charge on any atom is 0.259 e. The van der Waals surface area contributed by atoms with Crippen LogP contribution in [0.15, 0.2) is 48.9 Å². The van der Waals surface area contributed by atoms with Gasteiger partial charge in [0.2, 0.25) is 0 Å². The maximum absolute atomic E-state index is 13.0. The molecule has 5 nitrogen and oxygen atoms in total. The van der Waals surface area contributed by atoms with Gasteiger partial charge in [-0.1, -0.05) is 23.7 Å². The van der Waals surface area contributed by atoms with Gasteiger partial charge >= 0.3 is 0 Å². The van der Waals surface area contributed by atoms with E-state index in [1.807, 2.05) is 29.2 Å². The van der Waals surface area contributed by atoms with Crippen LogP contribution in [0, 0.1) is 0 Å². The Kier molecular flexibility index (Phi) is 3.50. The van der Waals surface area contributed by atoms with Gasteiger partial charge in [0.05, 0.1) is 12.2 Å². The summed E-state index contributed by atoms with van der Waals surface area (Å²) in [5.41, 5.74) is 2.26. The lowest BCUT2D eigenvalue weighted by molar-refractivity contribution is 0.0737. The van der Waals surface area contributed by atoms with Crippen LogP contribution in [0.2, 0.25) is 5.02 Å². The number of aromatic nitrogens is 3. The molecule has 0 aliphatic carbocycles. The summed E-state index contributed by atoms with van der Waals surface area (Å²) < 4.78 is 1.63. The Morgan fingerprint density at radius 1 is 1.26 bits per heavy atom. The summed E-state index contributed by atoms with van der Waals surface area (Å²) in [5.74, 6) is -0.0175. The fraction of sp³-hybridized carbons (Fsp3) is 0.235. The molecule has 0 unspecified atom stereocenters. The summed E-state index contributed by atoms with van der Waals surface area (Å²) >= 11 is 5.96. The quantitative estimate of drug-likeness (QED) is 0.725. The van der Waals surface area contributed by atoms with E-state index in [1.165, 1.54) is 0 Å². The lowest BCUT2D eigenvalue weighted by atomic mass is 10.0. The first kappa shape index (κ1) is 14.2. The van der Waals surface area contributed by atoms with Crippen LogP contribution in [0.3, 0.4) is 0 Å². The normalized spacial score (nSPS) is 17.8. The Hall–Kier alpha value is -2.40. The molecule has 3 heterocycles. The van der Waals surface area contributed by atoms with Gasteiger partial charge in [-0.15, -0.1) is 0 Å². The van der Waals surface area contributed by atoms with Gasteiger partial charge in [-0.05, 0) is 36.6 Å². The van der Waals surface area contributed by atoms with Gasteiger partial charge in [-0.25, -0.2) is 9.50 Å². The van der Waals surface area contributed by atoms with Crippen molar-refractivity contribution >= 4 is 23.2 Å². The molecule has 1 aliphatic heterocycles. The smallest absolute Gasteiger partial charge is 0.259 e. The van der Waals surface area contributed by atoms with Crippen molar-refractivity contribution in [1.29, 1.82) is 0 Å². The third-order valence-corrected chi connectivity index (χ3v) is 4.53. The Labute approximate surface area is 138 Å². The van der Waals surface area contributed by atoms with E-state index >= 15 is 0 Å². The van der Waals surface area contributed by atoms with Crippen LogP contribution < -0.4 is 0 Å². The molecule has 1 amide bonds. The summed E-state index contributed by atoms with van der Waals surface area (Å²) in [7, 11) is 0. The molecule has 0 radical (unpaired) electrons. The second kappa shape index (κ2) is 5.66. The number of nitrogens with zero attached hydrogens (tertiary/aromatic N) is 4. The minimum Gasteiger partial charge on any atom is -0.331 e. The highest BCUT2D eigenvalue weighted by molar-refractivity contribution is 6.30. The van der Waals surface area contributed by atoms with Crippen molar-refractivity contribution in [1.82, 2.24) is 19.5 Å². The highest BCUT2D eigenvalue weighted by atomic mass is 35.5. The molecule has 0 spiro atoms. The van der Waals surface area contributed by atoms with Crippen molar-refractivity contribution in [2.45, 2.75) is 18.9 Å². The third kappa shape index (κ3) is 2.47. The predicted molar refractivity (Wildman–Crippen MR) is 87.5 cm³/mol. The van der Waals surface area contributed by atoms with E-state index in [4.69, 9.17) is 11.6 Å². The van der Waals surface area contributed by atoms with E-state index in [2.05, 4.69) is 10.1 Å². The van der Waals surface area contributed by atoms with Crippen molar-refractivity contribution < 1.29 is 4.79 Å². The largest absolute Gasteiger partial charge is 0.331 e. The molecule has 2 aromatic heterocycles. The first-order valence-corrected chi connectivity index (χ1v) is 7.96. The van der Waals surface area contributed by atoms with E-state index in [-0.39, 0.29) is 11.9 Å². The second-order valence-corrected chi connectivity index (χ2v) is 6.09. The van der Waals surface area contributed by atoms with Crippen LogP contribution in [-0.2, 0) is 0 Å². The SMILES string of the molecule is O=C(c1cnn2cccnc12)N1CCC[C@H]1c1ccc(Cl)cc1. The minimum absolute atomic E-state index is 0.0175. The average molecular weight is 327 g/mol. The van der Waals surface area contributed by atoms with Gasteiger partial charge in [-0.3, -0.25) is 4.79 Å². The summed E-state index contributed by atoms with van der Waals surface area (Å²) in [5, 5.41) is 4.91. The average Bonchev–Trinajstić information content (AvgIpc) is 3.22. The van der Waals surface area contributed by atoms with Crippen LogP contribution >= 0.6 is 11.6 Å². The number of carbonyl (C=O) groups excluding carboxylic acids is 1. The molecule has 6 heteroatoms. The number of fused-ring (bicyclic) bond motifs is 1. The van der Waals surface area contributed by atoms with Gasteiger partial charge in [-0.2, -0.15) is 5.10 Å². The van der Waals surface area contributed by atoms with Crippen molar-refractivity contribution in [3.63, 3.8) is 0 Å². The highest BCUT2D eigenvalue weighted by Gasteiger charge is 2.32. The van der Waals surface area contributed by atoms with Gasteiger partial charge in [0, 0.05) is 24.0 Å². The molecule has 1 saturated heterocycles. The molecule has 1 aliphatic rings. The molecule has 23 heavy (non-hydrogen) atoms. The molecule has 3 aromatic rings. The molecule has 1 aromatic carbocycles. The molecular formula is C17H15ClN4O. The molecule has 1 fully saturated rings. The minimum atomic E-state index is -0.0175. The molecule has 0 N–H and O–H groups in total. The molecular weight excluding hydrogens is 312 g/mol. The van der Waals surface area contributed by atoms with Crippen LogP contribution in [0.5, 0.6) is 0 Å². The van der Waals surface area contributed by atoms with Gasteiger partial charge in [0.15, 0.2) is 5.65 Å². The lowest BCUT2D eigenvalue weighted by Gasteiger charge is -2.24. The summed E-state index contributed by atoms with van der Waals surface area (Å²) in [6, 6.07) is 9.60. The Balaban J connectivity index is 1.68. The fourth-order valence-corrected chi connectivity index (χ4v) is 3.30. The van der Waals surface area contributed by atoms with Gasteiger partial charge in [0.1, 0.15) is 5.56 Å². The van der Waals surface area contributed by atoms with Crippen LogP contribution in [-0.4, -0.2) is 31.9 Å². The van der Waals surface area contributed by atoms with E-state index in [0.717, 1.165) is 24.9 Å².